The Kier molecular flexibility index (Phi) is 10.8. The van der Waals surface area contributed by atoms with Gasteiger partial charge >= 0.3 is 0 Å². The van der Waals surface area contributed by atoms with Crippen LogP contribution in [-0.4, -0.2) is 86.0 Å². The highest BCUT2D eigenvalue weighted by atomic mass is 16.6. The molecule has 1 aliphatic heterocycles. The molecule has 5 unspecified atom stereocenters. The van der Waals surface area contributed by atoms with Gasteiger partial charge in [0.05, 0.1) is 54.7 Å². The summed E-state index contributed by atoms with van der Waals surface area (Å²) in [7, 11) is 0. The number of amides is 1. The number of aliphatic hydroxyl groups is 5. The molecular formula is C28H44N2O8. The van der Waals surface area contributed by atoms with E-state index in [0.717, 1.165) is 5.56 Å². The maximum atomic E-state index is 13.3. The van der Waals surface area contributed by atoms with E-state index in [1.165, 1.54) is 6.92 Å². The monoisotopic (exact) mass is 536 g/mol. The molecule has 1 aromatic carbocycles. The molecule has 0 spiro atoms. The number of allylic oxidation sites excluding steroid dienone is 1. The van der Waals surface area contributed by atoms with Gasteiger partial charge in [0.15, 0.2) is 5.79 Å². The van der Waals surface area contributed by atoms with E-state index in [4.69, 9.17) is 15.2 Å². The summed E-state index contributed by atoms with van der Waals surface area (Å²) in [5.74, 6) is -3.46. The Morgan fingerprint density at radius 2 is 1.95 bits per heavy atom. The van der Waals surface area contributed by atoms with Crippen LogP contribution in [0, 0.1) is 11.8 Å². The van der Waals surface area contributed by atoms with Crippen molar-refractivity contribution in [3.05, 3.63) is 48.0 Å². The van der Waals surface area contributed by atoms with Gasteiger partial charge in [0.2, 0.25) is 5.91 Å². The molecule has 0 bridgehead atoms. The lowest BCUT2D eigenvalue weighted by atomic mass is 9.80. The molecule has 10 nitrogen and oxygen atoms in total. The lowest BCUT2D eigenvalue weighted by Crippen LogP contribution is -2.59. The summed E-state index contributed by atoms with van der Waals surface area (Å²) < 4.78 is 12.3. The first-order valence-corrected chi connectivity index (χ1v) is 13.4. The van der Waals surface area contributed by atoms with E-state index in [1.54, 1.807) is 19.1 Å². The maximum Gasteiger partial charge on any atom is 0.228 e. The van der Waals surface area contributed by atoms with E-state index in [2.05, 4.69) is 5.32 Å². The van der Waals surface area contributed by atoms with Crippen molar-refractivity contribution in [3.63, 3.8) is 0 Å². The van der Waals surface area contributed by atoms with Crippen molar-refractivity contribution in [2.24, 2.45) is 17.6 Å². The minimum atomic E-state index is -1.83. The third kappa shape index (κ3) is 7.83. The van der Waals surface area contributed by atoms with Gasteiger partial charge in [0.25, 0.3) is 0 Å². The van der Waals surface area contributed by atoms with E-state index in [1.807, 2.05) is 37.3 Å². The Balaban J connectivity index is 1.80. The molecule has 1 saturated heterocycles. The van der Waals surface area contributed by atoms with E-state index >= 15 is 0 Å². The molecule has 1 aliphatic carbocycles. The molecule has 1 amide bonds. The number of nitrogens with one attached hydrogen (secondary N) is 1. The summed E-state index contributed by atoms with van der Waals surface area (Å²) in [6.07, 6.45) is -2.74. The molecule has 2 aliphatic rings. The Hall–Kier alpha value is -1.89. The molecule has 1 heterocycles. The molecular weight excluding hydrogens is 492 g/mol. The molecule has 0 aromatic heterocycles. The number of rotatable bonds is 10. The molecule has 1 saturated carbocycles. The molecule has 10 heteroatoms. The van der Waals surface area contributed by atoms with Gasteiger partial charge in [-0.25, -0.2) is 0 Å². The number of carbonyl (C=O) groups excluding carboxylic acids is 1. The maximum absolute atomic E-state index is 13.3. The minimum Gasteiger partial charge on any atom is -0.393 e. The standard InChI is InChI=1S/C28H44N2O8/c1-4-8-19(37-22-11-16(2)25(33)24(29)26(22)34)12-21-23(20(32)14-28(36,38-21)13-17(3)31)27(35)30-15-18-9-6-5-7-10-18/h4-10,16-17,19-26,31-34,36H,11-15,29H2,1-3H3,(H,30,35)/b8-4+/t16?,17-,19-,20-,21-,22?,23+,24?,25?,26?,28+/m0/s1. The highest BCUT2D eigenvalue weighted by molar-refractivity contribution is 5.80. The van der Waals surface area contributed by atoms with Crippen molar-refractivity contribution < 1.29 is 39.8 Å². The second kappa shape index (κ2) is 13.5. The number of benzene rings is 1. The van der Waals surface area contributed by atoms with Crippen LogP contribution in [0.1, 0.15) is 52.0 Å². The summed E-state index contributed by atoms with van der Waals surface area (Å²) >= 11 is 0. The van der Waals surface area contributed by atoms with Crippen LogP contribution in [0.3, 0.4) is 0 Å². The summed E-state index contributed by atoms with van der Waals surface area (Å²) in [5, 5.41) is 55.8. The molecule has 0 radical (unpaired) electrons. The van der Waals surface area contributed by atoms with Crippen molar-refractivity contribution in [1.29, 1.82) is 0 Å². The zero-order valence-corrected chi connectivity index (χ0v) is 22.4. The number of carbonyl (C=O) groups is 1. The second-order valence-electron chi connectivity index (χ2n) is 10.9. The van der Waals surface area contributed by atoms with Gasteiger partial charge < -0.3 is 46.1 Å². The molecule has 214 valence electrons. The van der Waals surface area contributed by atoms with Gasteiger partial charge in [0.1, 0.15) is 0 Å². The van der Waals surface area contributed by atoms with Crippen molar-refractivity contribution in [3.8, 4) is 0 Å². The predicted octanol–water partition coefficient (Wildman–Crippen LogP) is 0.337. The first-order chi connectivity index (χ1) is 17.9. The smallest absolute Gasteiger partial charge is 0.228 e. The van der Waals surface area contributed by atoms with Crippen LogP contribution in [0.5, 0.6) is 0 Å². The summed E-state index contributed by atoms with van der Waals surface area (Å²) in [4.78, 5) is 13.3. The number of hydrogen-bond donors (Lipinski definition) is 7. The number of nitrogens with two attached hydrogens (primary N) is 1. The molecule has 8 N–H and O–H groups in total. The SMILES string of the molecule is C/C=C/[C@@H](C[C@@H]1O[C@](O)(C[C@H](C)O)C[C@H](O)[C@H]1C(=O)NCc1ccccc1)OC1CC(C)C(O)C(N)C1O. The van der Waals surface area contributed by atoms with E-state index in [-0.39, 0.29) is 31.7 Å². The van der Waals surface area contributed by atoms with Crippen molar-refractivity contribution in [1.82, 2.24) is 5.32 Å². The lowest BCUT2D eigenvalue weighted by Gasteiger charge is -2.45. The van der Waals surface area contributed by atoms with Crippen molar-refractivity contribution in [2.45, 2.75) is 108 Å². The molecule has 38 heavy (non-hydrogen) atoms. The minimum absolute atomic E-state index is 0.0857. The van der Waals surface area contributed by atoms with Crippen LogP contribution < -0.4 is 11.1 Å². The Morgan fingerprint density at radius 3 is 2.58 bits per heavy atom. The number of aliphatic hydroxyl groups excluding tert-OH is 4. The quantitative estimate of drug-likeness (QED) is 0.208. The van der Waals surface area contributed by atoms with Gasteiger partial charge in [-0.3, -0.25) is 4.79 Å². The van der Waals surface area contributed by atoms with Gasteiger partial charge in [0, 0.05) is 25.8 Å². The van der Waals surface area contributed by atoms with Crippen LogP contribution in [0.15, 0.2) is 42.5 Å². The second-order valence-corrected chi connectivity index (χ2v) is 10.9. The lowest BCUT2D eigenvalue weighted by molar-refractivity contribution is -0.298. The summed E-state index contributed by atoms with van der Waals surface area (Å²) in [5.41, 5.74) is 6.91. The van der Waals surface area contributed by atoms with E-state index in [0.29, 0.717) is 6.42 Å². The Labute approximate surface area is 224 Å². The molecule has 3 rings (SSSR count). The normalized spacial score (nSPS) is 37.6. The van der Waals surface area contributed by atoms with Gasteiger partial charge in [-0.15, -0.1) is 0 Å². The van der Waals surface area contributed by atoms with Crippen molar-refractivity contribution in [2.75, 3.05) is 0 Å². The third-order valence-corrected chi connectivity index (χ3v) is 7.52. The Bertz CT molecular complexity index is 915. The fourth-order valence-electron chi connectivity index (χ4n) is 5.60. The first kappa shape index (κ1) is 30.6. The van der Waals surface area contributed by atoms with Crippen LogP contribution >= 0.6 is 0 Å². The average Bonchev–Trinajstić information content (AvgIpc) is 2.84. The molecule has 11 atom stereocenters. The van der Waals surface area contributed by atoms with Crippen LogP contribution in [0.2, 0.25) is 0 Å². The average molecular weight is 537 g/mol. The van der Waals surface area contributed by atoms with Gasteiger partial charge in [-0.1, -0.05) is 49.4 Å². The highest BCUT2D eigenvalue weighted by Gasteiger charge is 2.50. The Morgan fingerprint density at radius 1 is 1.26 bits per heavy atom. The summed E-state index contributed by atoms with van der Waals surface area (Å²) in [6, 6.07) is 8.49. The fraction of sp³-hybridized carbons (Fsp3) is 0.679. The van der Waals surface area contributed by atoms with E-state index in [9.17, 15) is 30.3 Å². The predicted molar refractivity (Wildman–Crippen MR) is 140 cm³/mol. The highest BCUT2D eigenvalue weighted by Crippen LogP contribution is 2.38. The largest absolute Gasteiger partial charge is 0.393 e. The molecule has 2 fully saturated rings. The van der Waals surface area contributed by atoms with Crippen molar-refractivity contribution >= 4 is 5.91 Å². The zero-order chi connectivity index (χ0) is 28.0. The molecule has 1 aromatic rings. The van der Waals surface area contributed by atoms with Crippen LogP contribution in [0.25, 0.3) is 0 Å². The van der Waals surface area contributed by atoms with E-state index < -0.39 is 66.4 Å². The zero-order valence-electron chi connectivity index (χ0n) is 22.4. The number of ether oxygens (including phenoxy) is 2. The third-order valence-electron chi connectivity index (χ3n) is 7.52. The fourth-order valence-corrected chi connectivity index (χ4v) is 5.60. The van der Waals surface area contributed by atoms with Gasteiger partial charge in [-0.2, -0.15) is 0 Å². The first-order valence-electron chi connectivity index (χ1n) is 13.4. The van der Waals surface area contributed by atoms with Crippen LogP contribution in [0.4, 0.5) is 0 Å². The van der Waals surface area contributed by atoms with Crippen LogP contribution in [-0.2, 0) is 20.8 Å². The number of hydrogen-bond acceptors (Lipinski definition) is 9. The summed E-state index contributed by atoms with van der Waals surface area (Å²) in [6.45, 7) is 5.41. The topological polar surface area (TPSA) is 175 Å². The van der Waals surface area contributed by atoms with Gasteiger partial charge in [-0.05, 0) is 31.7 Å².